The van der Waals surface area contributed by atoms with Gasteiger partial charge in [0.25, 0.3) is 5.69 Å². The molecule has 2 aromatic rings. The molecule has 10 nitrogen and oxygen atoms in total. The van der Waals surface area contributed by atoms with Gasteiger partial charge >= 0.3 is 0 Å². The number of amides is 2. The molecular weight excluding hydrogens is 430 g/mol. The first-order valence-electron chi connectivity index (χ1n) is 10.5. The third-order valence-corrected chi connectivity index (χ3v) is 6.93. The van der Waals surface area contributed by atoms with E-state index in [-0.39, 0.29) is 23.3 Å². The van der Waals surface area contributed by atoms with Gasteiger partial charge in [0.1, 0.15) is 6.10 Å². The van der Waals surface area contributed by atoms with E-state index in [0.29, 0.717) is 22.5 Å². The molecule has 0 radical (unpaired) electrons. The highest BCUT2D eigenvalue weighted by atomic mass is 16.7. The third-order valence-electron chi connectivity index (χ3n) is 6.93. The number of nitro benzene ring substituents is 1. The number of carbonyl (C=O) groups is 3. The van der Waals surface area contributed by atoms with Crippen molar-refractivity contribution in [3.8, 4) is 0 Å². The Balaban J connectivity index is 1.32. The number of rotatable bonds is 4. The summed E-state index contributed by atoms with van der Waals surface area (Å²) < 4.78 is 6.06. The molecule has 4 aliphatic heterocycles. The fraction of sp³-hybridized carbons (Fsp3) is 0.304. The van der Waals surface area contributed by atoms with Gasteiger partial charge in [0.15, 0.2) is 11.9 Å². The van der Waals surface area contributed by atoms with Crippen molar-refractivity contribution in [2.75, 3.05) is 4.90 Å². The Hall–Kier alpha value is -3.92. The van der Waals surface area contributed by atoms with Gasteiger partial charge in [-0.1, -0.05) is 17.3 Å². The Morgan fingerprint density at radius 1 is 1.00 bits per heavy atom. The number of anilines is 1. The predicted octanol–water partition coefficient (Wildman–Crippen LogP) is 2.10. The number of imide groups is 1. The summed E-state index contributed by atoms with van der Waals surface area (Å²) in [5.74, 6) is -2.62. The van der Waals surface area contributed by atoms with E-state index in [1.165, 1.54) is 19.1 Å². The van der Waals surface area contributed by atoms with Crippen molar-refractivity contribution in [2.45, 2.75) is 25.2 Å². The summed E-state index contributed by atoms with van der Waals surface area (Å²) in [6, 6.07) is 12.4. The zero-order valence-electron chi connectivity index (χ0n) is 17.3. The number of benzene rings is 2. The van der Waals surface area contributed by atoms with Gasteiger partial charge in [0, 0.05) is 23.3 Å². The molecule has 4 aliphatic rings. The van der Waals surface area contributed by atoms with E-state index >= 15 is 0 Å². The molecule has 2 amide bonds. The maximum absolute atomic E-state index is 13.4. The number of oxime groups is 1. The van der Waals surface area contributed by atoms with Gasteiger partial charge in [-0.2, -0.15) is 0 Å². The fourth-order valence-electron chi connectivity index (χ4n) is 5.47. The Kier molecular flexibility index (Phi) is 4.06. The number of hydrogen-bond acceptors (Lipinski definition) is 8. The number of nitro groups is 1. The number of ketones is 1. The number of hydrogen-bond donors (Lipinski definition) is 0. The standard InChI is InChI=1S/C23H17N3O7/c1-10(27)11-5-7-13(8-6-11)25-22(28)15-16(23(25)29)20-21-17(19(15)32-20)18(24-33-21)12-3-2-4-14(9-12)26(30)31/h2-9,15-17,19-21H,1H3/t15-,16-,17-,19+,20+,21+/m0/s1. The molecule has 3 fully saturated rings. The van der Waals surface area contributed by atoms with Crippen molar-refractivity contribution in [1.29, 1.82) is 0 Å². The van der Waals surface area contributed by atoms with Crippen molar-refractivity contribution >= 4 is 34.7 Å². The molecule has 0 unspecified atom stereocenters. The van der Waals surface area contributed by atoms with Gasteiger partial charge < -0.3 is 9.57 Å². The van der Waals surface area contributed by atoms with Crippen molar-refractivity contribution in [2.24, 2.45) is 22.9 Å². The number of carbonyl (C=O) groups excluding carboxylic acids is 3. The molecule has 6 rings (SSSR count). The Labute approximate surface area is 186 Å². The van der Waals surface area contributed by atoms with E-state index in [2.05, 4.69) is 5.16 Å². The lowest BCUT2D eigenvalue weighted by Gasteiger charge is -2.26. The number of Topliss-reactive ketones (excluding diaryl/α,β-unsaturated/α-hetero) is 1. The fourth-order valence-corrected chi connectivity index (χ4v) is 5.47. The molecule has 0 saturated carbocycles. The van der Waals surface area contributed by atoms with Crippen LogP contribution in [0.3, 0.4) is 0 Å². The van der Waals surface area contributed by atoms with Crippen LogP contribution in [0.1, 0.15) is 22.8 Å². The van der Waals surface area contributed by atoms with E-state index in [0.717, 1.165) is 4.90 Å². The number of non-ortho nitro benzene ring substituents is 1. The van der Waals surface area contributed by atoms with Crippen LogP contribution in [-0.4, -0.2) is 46.5 Å². The SMILES string of the molecule is CC(=O)c1ccc(N2C(=O)[C@@H]3[C@H]4O[C@@H]([C@@H]5C(c6cccc([N+](=O)[O-])c6)=NO[C@@H]45)[C@H]3C2=O)cc1. The van der Waals surface area contributed by atoms with Crippen molar-refractivity contribution < 1.29 is 28.9 Å². The zero-order chi connectivity index (χ0) is 23.0. The summed E-state index contributed by atoms with van der Waals surface area (Å²) in [7, 11) is 0. The summed E-state index contributed by atoms with van der Waals surface area (Å²) in [4.78, 5) is 55.7. The lowest BCUT2D eigenvalue weighted by molar-refractivity contribution is -0.384. The van der Waals surface area contributed by atoms with E-state index < -0.39 is 41.0 Å². The maximum atomic E-state index is 13.4. The van der Waals surface area contributed by atoms with Crippen LogP contribution in [0.4, 0.5) is 11.4 Å². The minimum Gasteiger partial charge on any atom is -0.389 e. The molecule has 10 heteroatoms. The van der Waals surface area contributed by atoms with Crippen LogP contribution < -0.4 is 4.90 Å². The van der Waals surface area contributed by atoms with Crippen LogP contribution in [0, 0.1) is 27.9 Å². The van der Waals surface area contributed by atoms with E-state index in [1.54, 1.807) is 36.4 Å². The molecule has 4 heterocycles. The molecule has 0 aliphatic carbocycles. The minimum absolute atomic E-state index is 0.0760. The monoisotopic (exact) mass is 447 g/mol. The normalized spacial score (nSPS) is 31.3. The number of ether oxygens (including phenoxy) is 1. The lowest BCUT2D eigenvalue weighted by Crippen LogP contribution is -2.45. The first-order chi connectivity index (χ1) is 15.9. The van der Waals surface area contributed by atoms with Gasteiger partial charge in [-0.15, -0.1) is 0 Å². The largest absolute Gasteiger partial charge is 0.389 e. The van der Waals surface area contributed by atoms with Crippen LogP contribution in [0.5, 0.6) is 0 Å². The van der Waals surface area contributed by atoms with Gasteiger partial charge in [-0.05, 0) is 31.2 Å². The molecule has 0 aromatic heterocycles. The molecule has 166 valence electrons. The summed E-state index contributed by atoms with van der Waals surface area (Å²) in [5, 5.41) is 15.3. The van der Waals surface area contributed by atoms with E-state index in [4.69, 9.17) is 9.57 Å². The average molecular weight is 447 g/mol. The van der Waals surface area contributed by atoms with Crippen molar-refractivity contribution in [3.05, 3.63) is 69.8 Å². The van der Waals surface area contributed by atoms with Crippen molar-refractivity contribution in [1.82, 2.24) is 0 Å². The molecule has 0 N–H and O–H groups in total. The quantitative estimate of drug-likeness (QED) is 0.304. The summed E-state index contributed by atoms with van der Waals surface area (Å²) in [6.45, 7) is 1.44. The second kappa shape index (κ2) is 6.79. The van der Waals surface area contributed by atoms with Crippen LogP contribution in [0.15, 0.2) is 53.7 Å². The topological polar surface area (TPSA) is 128 Å². The van der Waals surface area contributed by atoms with E-state index in [9.17, 15) is 24.5 Å². The van der Waals surface area contributed by atoms with Gasteiger partial charge in [-0.3, -0.25) is 24.5 Å². The highest BCUT2D eigenvalue weighted by Crippen LogP contribution is 2.55. The Morgan fingerprint density at radius 3 is 2.36 bits per heavy atom. The molecule has 2 bridgehead atoms. The highest BCUT2D eigenvalue weighted by Gasteiger charge is 2.72. The van der Waals surface area contributed by atoms with Gasteiger partial charge in [0.05, 0.1) is 40.2 Å². The molecule has 3 saturated heterocycles. The molecule has 6 atom stereocenters. The van der Waals surface area contributed by atoms with Crippen LogP contribution >= 0.6 is 0 Å². The third kappa shape index (κ3) is 2.64. The molecule has 0 spiro atoms. The summed E-state index contributed by atoms with van der Waals surface area (Å²) >= 11 is 0. The summed E-state index contributed by atoms with van der Waals surface area (Å²) in [6.07, 6.45) is -1.80. The smallest absolute Gasteiger partial charge is 0.270 e. The first-order valence-corrected chi connectivity index (χ1v) is 10.5. The molecule has 2 aromatic carbocycles. The van der Waals surface area contributed by atoms with Gasteiger partial charge in [0.2, 0.25) is 11.8 Å². The predicted molar refractivity (Wildman–Crippen MR) is 113 cm³/mol. The van der Waals surface area contributed by atoms with Crippen molar-refractivity contribution in [3.63, 3.8) is 0 Å². The van der Waals surface area contributed by atoms with Crippen LogP contribution in [0.2, 0.25) is 0 Å². The van der Waals surface area contributed by atoms with Crippen LogP contribution in [0.25, 0.3) is 0 Å². The minimum atomic E-state index is -0.693. The second-order valence-corrected chi connectivity index (χ2v) is 8.61. The molecular formula is C23H17N3O7. The molecule has 33 heavy (non-hydrogen) atoms. The lowest BCUT2D eigenvalue weighted by atomic mass is 9.71. The van der Waals surface area contributed by atoms with Crippen LogP contribution in [-0.2, 0) is 19.2 Å². The zero-order valence-corrected chi connectivity index (χ0v) is 17.3. The maximum Gasteiger partial charge on any atom is 0.270 e. The Morgan fingerprint density at radius 2 is 1.70 bits per heavy atom. The van der Waals surface area contributed by atoms with E-state index in [1.807, 2.05) is 0 Å². The number of fused-ring (bicyclic) bond motifs is 8. The summed E-state index contributed by atoms with van der Waals surface area (Å²) in [5.41, 5.74) is 1.83. The Bertz CT molecular complexity index is 1270. The average Bonchev–Trinajstić information content (AvgIpc) is 3.54. The van der Waals surface area contributed by atoms with Gasteiger partial charge in [-0.25, -0.2) is 4.90 Å². The first kappa shape index (κ1) is 19.7. The second-order valence-electron chi connectivity index (χ2n) is 8.61. The number of nitrogens with zero attached hydrogens (tertiary/aromatic N) is 3. The highest BCUT2D eigenvalue weighted by molar-refractivity contribution is 6.23.